The van der Waals surface area contributed by atoms with Gasteiger partial charge in [-0.2, -0.15) is 0 Å². The van der Waals surface area contributed by atoms with Gasteiger partial charge in [0.25, 0.3) is 5.91 Å². The lowest BCUT2D eigenvalue weighted by atomic mass is 10.3. The molecule has 2 aliphatic rings. The number of aromatic carboxylic acids is 1. The molecule has 10 heteroatoms. The van der Waals surface area contributed by atoms with Crippen LogP contribution in [0, 0.1) is 25.7 Å². The molecule has 2 aromatic rings. The van der Waals surface area contributed by atoms with Crippen LogP contribution in [0.3, 0.4) is 0 Å². The standard InChI is InChI=1S/C16H16Cl2N4O3S/c1-5-9(17)10(18)12(19-5)14(23)21-11-7-3-22(4-8(7)11)16-20-6(2)13(26-16)15(24)25/h7-8,11,19H,3-4H2,1-2H3,(H,21,23)(H,24,25)/t7-,8+,11+. The monoisotopic (exact) mass is 414 g/mol. The number of halogens is 2. The molecule has 138 valence electrons. The zero-order chi connectivity index (χ0) is 18.7. The number of aromatic nitrogens is 2. The fourth-order valence-electron chi connectivity index (χ4n) is 3.56. The van der Waals surface area contributed by atoms with E-state index in [0.717, 1.165) is 18.2 Å². The Morgan fingerprint density at radius 1 is 1.27 bits per heavy atom. The van der Waals surface area contributed by atoms with Crippen molar-refractivity contribution in [3.8, 4) is 0 Å². The highest BCUT2D eigenvalue weighted by atomic mass is 35.5. The highest BCUT2D eigenvalue weighted by Gasteiger charge is 2.57. The molecule has 7 nitrogen and oxygen atoms in total. The number of aryl methyl sites for hydroxylation is 2. The largest absolute Gasteiger partial charge is 0.477 e. The first-order chi connectivity index (χ1) is 12.3. The Morgan fingerprint density at radius 2 is 1.92 bits per heavy atom. The minimum Gasteiger partial charge on any atom is -0.477 e. The minimum absolute atomic E-state index is 0.0946. The van der Waals surface area contributed by atoms with Crippen molar-refractivity contribution in [3.63, 3.8) is 0 Å². The maximum absolute atomic E-state index is 12.4. The number of carboxylic acids is 1. The molecule has 3 N–H and O–H groups in total. The van der Waals surface area contributed by atoms with Crippen LogP contribution in [0.5, 0.6) is 0 Å². The maximum atomic E-state index is 12.4. The number of H-pyrrole nitrogens is 1. The summed E-state index contributed by atoms with van der Waals surface area (Å²) in [6.07, 6.45) is 0. The van der Waals surface area contributed by atoms with Crippen molar-refractivity contribution in [2.75, 3.05) is 18.0 Å². The third-order valence-electron chi connectivity index (χ3n) is 5.02. The van der Waals surface area contributed by atoms with Crippen LogP contribution >= 0.6 is 34.5 Å². The Morgan fingerprint density at radius 3 is 2.42 bits per heavy atom. The molecule has 0 spiro atoms. The minimum atomic E-state index is -0.947. The number of nitrogens with zero attached hydrogens (tertiary/aromatic N) is 2. The van der Waals surface area contributed by atoms with Gasteiger partial charge in [0.1, 0.15) is 10.6 Å². The van der Waals surface area contributed by atoms with Gasteiger partial charge in [-0.1, -0.05) is 34.5 Å². The average molecular weight is 415 g/mol. The molecule has 0 bridgehead atoms. The van der Waals surface area contributed by atoms with Crippen LogP contribution in [-0.2, 0) is 0 Å². The van der Waals surface area contributed by atoms with Gasteiger partial charge in [0.05, 0.1) is 15.7 Å². The fourth-order valence-corrected chi connectivity index (χ4v) is 4.90. The van der Waals surface area contributed by atoms with Crippen molar-refractivity contribution in [1.29, 1.82) is 0 Å². The van der Waals surface area contributed by atoms with Crippen LogP contribution in [0.2, 0.25) is 10.0 Å². The molecular weight excluding hydrogens is 399 g/mol. The molecule has 0 aromatic carbocycles. The molecule has 0 unspecified atom stereocenters. The second-order valence-electron chi connectivity index (χ2n) is 6.70. The zero-order valence-electron chi connectivity index (χ0n) is 14.0. The Kier molecular flexibility index (Phi) is 4.17. The van der Waals surface area contributed by atoms with Gasteiger partial charge < -0.3 is 20.3 Å². The number of carbonyl (C=O) groups excluding carboxylic acids is 1. The van der Waals surface area contributed by atoms with Crippen molar-refractivity contribution in [1.82, 2.24) is 15.3 Å². The average Bonchev–Trinajstić information content (AvgIpc) is 2.97. The second kappa shape index (κ2) is 6.14. The van der Waals surface area contributed by atoms with Crippen LogP contribution < -0.4 is 10.2 Å². The molecule has 1 saturated heterocycles. The molecule has 1 amide bonds. The summed E-state index contributed by atoms with van der Waals surface area (Å²) in [6.45, 7) is 4.96. The molecule has 3 heterocycles. The van der Waals surface area contributed by atoms with Crippen LogP contribution in [0.1, 0.15) is 31.5 Å². The van der Waals surface area contributed by atoms with E-state index >= 15 is 0 Å². The Balaban J connectivity index is 1.39. The summed E-state index contributed by atoms with van der Waals surface area (Å²) in [5.74, 6) is -0.532. The molecule has 2 fully saturated rings. The Labute approximate surface area is 163 Å². The van der Waals surface area contributed by atoms with Crippen molar-refractivity contribution >= 4 is 51.5 Å². The highest BCUT2D eigenvalue weighted by molar-refractivity contribution is 7.17. The van der Waals surface area contributed by atoms with Gasteiger partial charge in [-0.3, -0.25) is 4.79 Å². The molecular formula is C16H16Cl2N4O3S. The number of aromatic amines is 1. The number of rotatable bonds is 4. The van der Waals surface area contributed by atoms with Crippen LogP contribution in [-0.4, -0.2) is 46.1 Å². The number of hydrogen-bond acceptors (Lipinski definition) is 5. The molecule has 4 rings (SSSR count). The first-order valence-electron chi connectivity index (χ1n) is 8.08. The fraction of sp³-hybridized carbons (Fsp3) is 0.438. The Hall–Kier alpha value is -1.77. The van der Waals surface area contributed by atoms with Crippen LogP contribution in [0.15, 0.2) is 0 Å². The first kappa shape index (κ1) is 17.6. The normalized spacial score (nSPS) is 23.8. The van der Waals surface area contributed by atoms with Crippen molar-refractivity contribution < 1.29 is 14.7 Å². The predicted molar refractivity (Wildman–Crippen MR) is 99.8 cm³/mol. The van der Waals surface area contributed by atoms with Crippen LogP contribution in [0.25, 0.3) is 0 Å². The molecule has 26 heavy (non-hydrogen) atoms. The number of nitrogens with one attached hydrogen (secondary N) is 2. The Bertz CT molecular complexity index is 913. The first-order valence-corrected chi connectivity index (χ1v) is 9.65. The highest BCUT2D eigenvalue weighted by Crippen LogP contribution is 2.47. The molecule has 1 saturated carbocycles. The van der Waals surface area contributed by atoms with Crippen molar-refractivity contribution in [3.05, 3.63) is 32.0 Å². The van der Waals surface area contributed by atoms with E-state index in [4.69, 9.17) is 28.3 Å². The number of hydrogen-bond donors (Lipinski definition) is 3. The van der Waals surface area contributed by atoms with Crippen molar-refractivity contribution in [2.24, 2.45) is 11.8 Å². The maximum Gasteiger partial charge on any atom is 0.347 e. The third-order valence-corrected chi connectivity index (χ3v) is 7.18. The molecule has 0 radical (unpaired) electrons. The number of carboxylic acid groups (broad SMARTS) is 1. The topological polar surface area (TPSA) is 98.3 Å². The number of carbonyl (C=O) groups is 2. The summed E-state index contributed by atoms with van der Waals surface area (Å²) in [5.41, 5.74) is 1.49. The summed E-state index contributed by atoms with van der Waals surface area (Å²) in [4.78, 5) is 33.2. The molecule has 1 aliphatic carbocycles. The van der Waals surface area contributed by atoms with Gasteiger partial charge in [-0.15, -0.1) is 0 Å². The number of fused-ring (bicyclic) bond motifs is 1. The van der Waals surface area contributed by atoms with Gasteiger partial charge in [0, 0.05) is 36.7 Å². The summed E-state index contributed by atoms with van der Waals surface area (Å²) in [6, 6.07) is 0.0946. The lowest BCUT2D eigenvalue weighted by Gasteiger charge is -2.19. The van der Waals surface area contributed by atoms with Gasteiger partial charge >= 0.3 is 5.97 Å². The number of thiazole rings is 1. The number of amides is 1. The molecule has 2 aromatic heterocycles. The van der Waals surface area contributed by atoms with Crippen molar-refractivity contribution in [2.45, 2.75) is 19.9 Å². The van der Waals surface area contributed by atoms with E-state index in [2.05, 4.69) is 20.2 Å². The smallest absolute Gasteiger partial charge is 0.347 e. The van der Waals surface area contributed by atoms with E-state index < -0.39 is 5.97 Å². The lowest BCUT2D eigenvalue weighted by molar-refractivity contribution is 0.0701. The second-order valence-corrected chi connectivity index (χ2v) is 8.43. The van der Waals surface area contributed by atoms with E-state index in [1.807, 2.05) is 0 Å². The van der Waals surface area contributed by atoms with Gasteiger partial charge in [-0.05, 0) is 13.8 Å². The summed E-state index contributed by atoms with van der Waals surface area (Å²) >= 11 is 13.3. The van der Waals surface area contributed by atoms with Crippen LogP contribution in [0.4, 0.5) is 5.13 Å². The molecule has 1 aliphatic heterocycles. The van der Waals surface area contributed by atoms with E-state index in [9.17, 15) is 9.59 Å². The number of piperidine rings is 1. The summed E-state index contributed by atoms with van der Waals surface area (Å²) in [7, 11) is 0. The van der Waals surface area contributed by atoms with E-state index in [1.165, 1.54) is 11.3 Å². The van der Waals surface area contributed by atoms with Gasteiger partial charge in [0.2, 0.25) is 0 Å². The lowest BCUT2D eigenvalue weighted by Crippen LogP contribution is -2.34. The molecule has 3 atom stereocenters. The summed E-state index contributed by atoms with van der Waals surface area (Å²) in [5, 5.41) is 13.5. The third kappa shape index (κ3) is 2.76. The van der Waals surface area contributed by atoms with E-state index in [1.54, 1.807) is 13.8 Å². The van der Waals surface area contributed by atoms with Gasteiger partial charge in [-0.25, -0.2) is 9.78 Å². The van der Waals surface area contributed by atoms with E-state index in [-0.39, 0.29) is 27.5 Å². The quantitative estimate of drug-likeness (QED) is 0.713. The SMILES string of the molecule is Cc1nc(N2C[C@@H]3[C@H](C2)[C@H]3NC(=O)c2[nH]c(C)c(Cl)c2Cl)sc1C(=O)O. The zero-order valence-corrected chi connectivity index (χ0v) is 16.3. The van der Waals surface area contributed by atoms with Gasteiger partial charge in [0.15, 0.2) is 5.13 Å². The predicted octanol–water partition coefficient (Wildman–Crippen LogP) is 2.96. The van der Waals surface area contributed by atoms with E-state index in [0.29, 0.717) is 28.2 Å². The summed E-state index contributed by atoms with van der Waals surface area (Å²) < 4.78 is 0. The number of anilines is 1.